The predicted octanol–water partition coefficient (Wildman–Crippen LogP) is 1.26. The molecule has 4 bridgehead atoms. The van der Waals surface area contributed by atoms with Gasteiger partial charge in [-0.05, 0) is 61.9 Å². The molecule has 0 aromatic heterocycles. The van der Waals surface area contributed by atoms with Crippen molar-refractivity contribution in [2.45, 2.75) is 26.2 Å². The zero-order chi connectivity index (χ0) is 15.5. The van der Waals surface area contributed by atoms with Gasteiger partial charge in [0.15, 0.2) is 0 Å². The van der Waals surface area contributed by atoms with Crippen molar-refractivity contribution in [3.05, 3.63) is 0 Å². The van der Waals surface area contributed by atoms with E-state index in [1.54, 1.807) is 0 Å². The van der Waals surface area contributed by atoms with E-state index in [9.17, 15) is 9.59 Å². The van der Waals surface area contributed by atoms with E-state index >= 15 is 0 Å². The van der Waals surface area contributed by atoms with E-state index in [1.807, 2.05) is 0 Å². The zero-order valence-electron chi connectivity index (χ0n) is 13.9. The molecule has 1 amide bonds. The first-order valence-corrected chi connectivity index (χ1v) is 9.76. The maximum Gasteiger partial charge on any atom is 0.230 e. The summed E-state index contributed by atoms with van der Waals surface area (Å²) in [5, 5.41) is 0. The number of ketones is 1. The van der Waals surface area contributed by atoms with Crippen LogP contribution in [0.5, 0.6) is 0 Å². The molecule has 0 N–H and O–H groups in total. The fraction of sp³-hybridized carbons (Fsp3) is 0.895. The SMILES string of the molecule is CCCN1CCCN(C(=O)[C@@]23[C@H]4[C@@H]5C[C@@H]6[C@@H]4C(=O)[C@H]2[C@@H]6[C@H]53)CC1. The van der Waals surface area contributed by atoms with Crippen molar-refractivity contribution < 1.29 is 9.59 Å². The number of nitrogens with zero attached hydrogens (tertiary/aromatic N) is 2. The molecule has 7 rings (SSSR count). The van der Waals surface area contributed by atoms with Gasteiger partial charge in [0.2, 0.25) is 5.91 Å². The van der Waals surface area contributed by atoms with Gasteiger partial charge in [-0.25, -0.2) is 0 Å². The summed E-state index contributed by atoms with van der Waals surface area (Å²) in [5.41, 5.74) is -0.190. The lowest BCUT2D eigenvalue weighted by Crippen LogP contribution is -2.75. The standard InChI is InChI=1S/C19H26N2O2/c1-2-4-20-5-3-6-21(8-7-20)18(23)19-14-11-9-10-12(14)16(19)17(22)13(10)15(11)19/h10-16H,2-9H2,1H3/t10-,11+,12-,13-,14-,15-,16+,19-/m0/s1. The zero-order valence-corrected chi connectivity index (χ0v) is 13.9. The Hall–Kier alpha value is -0.900. The molecule has 8 atom stereocenters. The summed E-state index contributed by atoms with van der Waals surface area (Å²) in [5.74, 6) is 4.44. The van der Waals surface area contributed by atoms with Crippen molar-refractivity contribution in [2.24, 2.45) is 46.8 Å². The third-order valence-electron chi connectivity index (χ3n) is 8.65. The summed E-state index contributed by atoms with van der Waals surface area (Å²) >= 11 is 0. The minimum absolute atomic E-state index is 0.147. The number of carbonyl (C=O) groups is 2. The summed E-state index contributed by atoms with van der Waals surface area (Å²) in [6.45, 7) is 7.29. The smallest absolute Gasteiger partial charge is 0.230 e. The molecule has 0 unspecified atom stereocenters. The highest BCUT2D eigenvalue weighted by molar-refractivity contribution is 6.04. The van der Waals surface area contributed by atoms with Crippen LogP contribution in [0.3, 0.4) is 0 Å². The Morgan fingerprint density at radius 2 is 2.04 bits per heavy atom. The van der Waals surface area contributed by atoms with Crippen LogP contribution in [0, 0.1) is 46.8 Å². The minimum atomic E-state index is -0.190. The highest BCUT2D eigenvalue weighted by atomic mass is 16.2. The molecule has 0 aromatic rings. The molecule has 4 heteroatoms. The van der Waals surface area contributed by atoms with Gasteiger partial charge in [-0.15, -0.1) is 0 Å². The molecule has 0 spiro atoms. The van der Waals surface area contributed by atoms with Gasteiger partial charge in [-0.2, -0.15) is 0 Å². The first-order valence-electron chi connectivity index (χ1n) is 9.76. The Labute approximate surface area is 137 Å². The number of Topliss-reactive ketones (excluding diaryl/α,β-unsaturated/α-hetero) is 1. The van der Waals surface area contributed by atoms with Crippen molar-refractivity contribution >= 4 is 11.7 Å². The van der Waals surface area contributed by atoms with Gasteiger partial charge >= 0.3 is 0 Å². The van der Waals surface area contributed by atoms with Gasteiger partial charge in [0, 0.05) is 31.5 Å². The Bertz CT molecular complexity index is 618. The number of amides is 1. The highest BCUT2D eigenvalue weighted by Crippen LogP contribution is 2.92. The lowest BCUT2D eigenvalue weighted by Gasteiger charge is -2.70. The Morgan fingerprint density at radius 1 is 1.17 bits per heavy atom. The number of rotatable bonds is 3. The van der Waals surface area contributed by atoms with E-state index in [4.69, 9.17) is 0 Å². The van der Waals surface area contributed by atoms with Crippen molar-refractivity contribution in [1.29, 1.82) is 0 Å². The Kier molecular flexibility index (Phi) is 2.34. The van der Waals surface area contributed by atoms with Gasteiger partial charge < -0.3 is 9.80 Å². The summed E-state index contributed by atoms with van der Waals surface area (Å²) < 4.78 is 0. The van der Waals surface area contributed by atoms with Crippen LogP contribution < -0.4 is 0 Å². The van der Waals surface area contributed by atoms with Crippen LogP contribution in [-0.2, 0) is 9.59 Å². The van der Waals surface area contributed by atoms with E-state index in [-0.39, 0.29) is 11.3 Å². The Morgan fingerprint density at radius 3 is 2.83 bits per heavy atom. The second-order valence-corrected chi connectivity index (χ2v) is 9.02. The van der Waals surface area contributed by atoms with Crippen LogP contribution in [0.15, 0.2) is 0 Å². The van der Waals surface area contributed by atoms with E-state index < -0.39 is 0 Å². The molecule has 6 saturated carbocycles. The van der Waals surface area contributed by atoms with Crippen molar-refractivity contribution in [3.8, 4) is 0 Å². The second-order valence-electron chi connectivity index (χ2n) is 9.02. The number of carbonyl (C=O) groups excluding carboxylic acids is 2. The third-order valence-corrected chi connectivity index (χ3v) is 8.65. The van der Waals surface area contributed by atoms with Gasteiger partial charge in [-0.3, -0.25) is 9.59 Å². The third kappa shape index (κ3) is 1.17. The molecule has 6 aliphatic carbocycles. The van der Waals surface area contributed by atoms with Gasteiger partial charge in [0.25, 0.3) is 0 Å². The van der Waals surface area contributed by atoms with E-state index in [2.05, 4.69) is 16.7 Å². The molecular weight excluding hydrogens is 288 g/mol. The van der Waals surface area contributed by atoms with Gasteiger partial charge in [0.05, 0.1) is 5.41 Å². The van der Waals surface area contributed by atoms with Crippen LogP contribution in [0.4, 0.5) is 0 Å². The quantitative estimate of drug-likeness (QED) is 0.787. The fourth-order valence-electron chi connectivity index (χ4n) is 8.38. The molecule has 7 aliphatic rings. The normalized spacial score (nSPS) is 55.1. The monoisotopic (exact) mass is 314 g/mol. The molecule has 4 nitrogen and oxygen atoms in total. The number of hydrogen-bond donors (Lipinski definition) is 0. The molecule has 1 heterocycles. The fourth-order valence-corrected chi connectivity index (χ4v) is 8.38. The van der Waals surface area contributed by atoms with E-state index in [0.29, 0.717) is 41.3 Å². The molecule has 1 aliphatic heterocycles. The predicted molar refractivity (Wildman–Crippen MR) is 84.4 cm³/mol. The number of hydrogen-bond acceptors (Lipinski definition) is 3. The first kappa shape index (κ1) is 13.4. The van der Waals surface area contributed by atoms with Crippen LogP contribution in [0.1, 0.15) is 26.2 Å². The van der Waals surface area contributed by atoms with Crippen LogP contribution in [0.2, 0.25) is 0 Å². The average Bonchev–Trinajstić information content (AvgIpc) is 2.94. The molecule has 0 radical (unpaired) electrons. The second kappa shape index (κ2) is 4.01. The van der Waals surface area contributed by atoms with Crippen LogP contribution >= 0.6 is 0 Å². The van der Waals surface area contributed by atoms with E-state index in [1.165, 1.54) is 12.8 Å². The van der Waals surface area contributed by atoms with Crippen LogP contribution in [0.25, 0.3) is 0 Å². The molecule has 1 saturated heterocycles. The Balaban J connectivity index is 1.27. The summed E-state index contributed by atoms with van der Waals surface area (Å²) in [6.07, 6.45) is 3.55. The van der Waals surface area contributed by atoms with Crippen molar-refractivity contribution in [2.75, 3.05) is 32.7 Å². The molecule has 7 fully saturated rings. The van der Waals surface area contributed by atoms with Crippen LogP contribution in [-0.4, -0.2) is 54.2 Å². The molecular formula is C19H26N2O2. The summed E-state index contributed by atoms with van der Waals surface area (Å²) in [4.78, 5) is 30.8. The maximum absolute atomic E-state index is 13.5. The first-order chi connectivity index (χ1) is 11.2. The lowest BCUT2D eigenvalue weighted by atomic mass is 9.31. The molecule has 23 heavy (non-hydrogen) atoms. The lowest BCUT2D eigenvalue weighted by molar-refractivity contribution is -0.255. The molecule has 0 aromatic carbocycles. The topological polar surface area (TPSA) is 40.6 Å². The minimum Gasteiger partial charge on any atom is -0.341 e. The maximum atomic E-state index is 13.5. The van der Waals surface area contributed by atoms with Gasteiger partial charge in [-0.1, -0.05) is 6.92 Å². The molecule has 124 valence electrons. The average molecular weight is 314 g/mol. The summed E-state index contributed by atoms with van der Waals surface area (Å²) in [6, 6.07) is 0. The largest absolute Gasteiger partial charge is 0.341 e. The van der Waals surface area contributed by atoms with Crippen molar-refractivity contribution in [3.63, 3.8) is 0 Å². The summed E-state index contributed by atoms with van der Waals surface area (Å²) in [7, 11) is 0. The van der Waals surface area contributed by atoms with E-state index in [0.717, 1.165) is 45.1 Å². The highest BCUT2D eigenvalue weighted by Gasteiger charge is 2.96. The van der Waals surface area contributed by atoms with Gasteiger partial charge in [0.1, 0.15) is 5.78 Å². The van der Waals surface area contributed by atoms with Crippen molar-refractivity contribution in [1.82, 2.24) is 9.80 Å².